The second-order valence-corrected chi connectivity index (χ2v) is 6.37. The third-order valence-electron chi connectivity index (χ3n) is 3.59. The monoisotopic (exact) mass is 417 g/mol. The Kier molecular flexibility index (Phi) is 5.98. The van der Waals surface area contributed by atoms with Gasteiger partial charge >= 0.3 is 6.03 Å². The van der Waals surface area contributed by atoms with Gasteiger partial charge in [0, 0.05) is 17.8 Å². The number of benzene rings is 3. The third-order valence-corrected chi connectivity index (χ3v) is 4.33. The van der Waals surface area contributed by atoms with Crippen LogP contribution >= 0.6 is 23.2 Å². The minimum absolute atomic E-state index is 0.0419. The molecular weight excluding hydrogens is 405 g/mol. The number of nitrogens with one attached hydrogen (secondary N) is 2. The molecule has 9 heteroatoms. The zero-order valence-electron chi connectivity index (χ0n) is 14.2. The average molecular weight is 418 g/mol. The first-order valence-corrected chi connectivity index (χ1v) is 8.72. The van der Waals surface area contributed by atoms with Gasteiger partial charge in [-0.15, -0.1) is 0 Å². The van der Waals surface area contributed by atoms with Crippen LogP contribution in [-0.2, 0) is 0 Å². The number of non-ortho nitro benzene ring substituents is 1. The number of halogens is 2. The van der Waals surface area contributed by atoms with Crippen LogP contribution < -0.4 is 15.4 Å². The van der Waals surface area contributed by atoms with E-state index in [1.165, 1.54) is 30.3 Å². The Morgan fingerprint density at radius 3 is 2.32 bits per heavy atom. The third kappa shape index (κ3) is 4.91. The number of ether oxygens (including phenoxy) is 1. The Morgan fingerprint density at radius 1 is 0.929 bits per heavy atom. The molecule has 0 heterocycles. The van der Waals surface area contributed by atoms with E-state index in [9.17, 15) is 14.9 Å². The predicted octanol–water partition coefficient (Wildman–Crippen LogP) is 6.34. The number of urea groups is 1. The smallest absolute Gasteiger partial charge is 0.323 e. The quantitative estimate of drug-likeness (QED) is 0.374. The van der Waals surface area contributed by atoms with E-state index in [4.69, 9.17) is 27.9 Å². The van der Waals surface area contributed by atoms with E-state index in [1.54, 1.807) is 36.4 Å². The van der Waals surface area contributed by atoms with Gasteiger partial charge in [0.1, 0.15) is 5.75 Å². The largest absolute Gasteiger partial charge is 0.455 e. The fraction of sp³-hybridized carbons (Fsp3) is 0. The molecule has 0 bridgehead atoms. The number of carbonyl (C=O) groups is 1. The van der Waals surface area contributed by atoms with Gasteiger partial charge in [0.05, 0.1) is 20.7 Å². The molecule has 0 saturated carbocycles. The van der Waals surface area contributed by atoms with Crippen molar-refractivity contribution in [3.8, 4) is 11.5 Å². The normalized spacial score (nSPS) is 10.2. The lowest BCUT2D eigenvalue weighted by Crippen LogP contribution is -2.19. The van der Waals surface area contributed by atoms with Crippen LogP contribution in [0.15, 0.2) is 66.7 Å². The highest BCUT2D eigenvalue weighted by molar-refractivity contribution is 6.42. The summed E-state index contributed by atoms with van der Waals surface area (Å²) in [6.45, 7) is 0. The summed E-state index contributed by atoms with van der Waals surface area (Å²) >= 11 is 11.8. The molecule has 0 aliphatic carbocycles. The van der Waals surface area contributed by atoms with Crippen LogP contribution in [0, 0.1) is 10.1 Å². The molecule has 0 unspecified atom stereocenters. The second-order valence-electron chi connectivity index (χ2n) is 5.56. The minimum Gasteiger partial charge on any atom is -0.455 e. The first-order chi connectivity index (χ1) is 13.4. The first-order valence-electron chi connectivity index (χ1n) is 7.97. The number of anilines is 2. The number of nitrogens with zero attached hydrogens (tertiary/aromatic N) is 1. The van der Waals surface area contributed by atoms with Gasteiger partial charge in [0.15, 0.2) is 5.75 Å². The molecule has 7 nitrogen and oxygen atoms in total. The van der Waals surface area contributed by atoms with Crippen LogP contribution in [0.25, 0.3) is 0 Å². The van der Waals surface area contributed by atoms with Crippen LogP contribution in [-0.4, -0.2) is 11.0 Å². The Morgan fingerprint density at radius 2 is 1.64 bits per heavy atom. The second kappa shape index (κ2) is 8.60. The molecule has 0 aliphatic heterocycles. The number of nitro benzene ring substituents is 1. The first kappa shape index (κ1) is 19.5. The van der Waals surface area contributed by atoms with Crippen molar-refractivity contribution in [2.45, 2.75) is 0 Å². The summed E-state index contributed by atoms with van der Waals surface area (Å²) in [5, 5.41) is 16.8. The molecule has 0 aromatic heterocycles. The van der Waals surface area contributed by atoms with Gasteiger partial charge in [-0.1, -0.05) is 35.3 Å². The SMILES string of the molecule is O=C(Nc1ccc(Cl)c(Cl)c1)Nc1ccccc1Oc1ccc([N+](=O)[O-])cc1. The van der Waals surface area contributed by atoms with Gasteiger partial charge in [0.25, 0.3) is 5.69 Å². The highest BCUT2D eigenvalue weighted by Crippen LogP contribution is 2.30. The van der Waals surface area contributed by atoms with Crippen molar-refractivity contribution >= 4 is 46.3 Å². The highest BCUT2D eigenvalue weighted by Gasteiger charge is 2.11. The molecule has 0 spiro atoms. The highest BCUT2D eigenvalue weighted by atomic mass is 35.5. The molecule has 2 amide bonds. The van der Waals surface area contributed by atoms with Gasteiger partial charge in [-0.2, -0.15) is 0 Å². The Balaban J connectivity index is 1.71. The lowest BCUT2D eigenvalue weighted by molar-refractivity contribution is -0.384. The average Bonchev–Trinajstić information content (AvgIpc) is 2.67. The summed E-state index contributed by atoms with van der Waals surface area (Å²) in [5.41, 5.74) is 0.846. The van der Waals surface area contributed by atoms with Crippen LogP contribution in [0.4, 0.5) is 21.9 Å². The van der Waals surface area contributed by atoms with Gasteiger partial charge in [-0.05, 0) is 42.5 Å². The molecule has 0 fully saturated rings. The molecule has 3 aromatic rings. The zero-order valence-corrected chi connectivity index (χ0v) is 15.7. The zero-order chi connectivity index (χ0) is 20.1. The van der Waals surface area contributed by atoms with Crippen molar-refractivity contribution in [2.75, 3.05) is 10.6 Å². The maximum absolute atomic E-state index is 12.3. The maximum atomic E-state index is 12.3. The number of amides is 2. The number of nitro groups is 1. The summed E-state index contributed by atoms with van der Waals surface area (Å²) in [6.07, 6.45) is 0. The van der Waals surface area contributed by atoms with E-state index in [0.717, 1.165) is 0 Å². The van der Waals surface area contributed by atoms with Crippen molar-refractivity contribution in [1.82, 2.24) is 0 Å². The van der Waals surface area contributed by atoms with E-state index in [1.807, 2.05) is 0 Å². The van der Waals surface area contributed by atoms with Crippen molar-refractivity contribution in [1.29, 1.82) is 0 Å². The van der Waals surface area contributed by atoms with Gasteiger partial charge in [0.2, 0.25) is 0 Å². The Labute approximate surface area is 170 Å². The van der Waals surface area contributed by atoms with E-state index in [-0.39, 0.29) is 5.69 Å². The van der Waals surface area contributed by atoms with Crippen molar-refractivity contribution < 1.29 is 14.5 Å². The fourth-order valence-electron chi connectivity index (χ4n) is 2.28. The minimum atomic E-state index is -0.502. The molecule has 3 aromatic carbocycles. The molecule has 0 atom stereocenters. The molecule has 28 heavy (non-hydrogen) atoms. The number of carbonyl (C=O) groups excluding carboxylic acids is 1. The Hall–Kier alpha value is -3.29. The summed E-state index contributed by atoms with van der Waals surface area (Å²) in [7, 11) is 0. The summed E-state index contributed by atoms with van der Waals surface area (Å²) in [6, 6.07) is 16.6. The fourth-order valence-corrected chi connectivity index (χ4v) is 2.58. The van der Waals surface area contributed by atoms with Crippen LogP contribution in [0.5, 0.6) is 11.5 Å². The maximum Gasteiger partial charge on any atom is 0.323 e. The number of hydrogen-bond donors (Lipinski definition) is 2. The summed E-state index contributed by atoms with van der Waals surface area (Å²) in [5.74, 6) is 0.769. The standard InChI is InChI=1S/C19H13Cl2N3O4/c20-15-10-5-12(11-16(15)21)22-19(25)23-17-3-1-2-4-18(17)28-14-8-6-13(7-9-14)24(26)27/h1-11H,(H2,22,23,25). The molecular formula is C19H13Cl2N3O4. The molecule has 2 N–H and O–H groups in total. The van der Waals surface area contributed by atoms with Crippen molar-refractivity contribution in [3.63, 3.8) is 0 Å². The van der Waals surface area contributed by atoms with E-state index >= 15 is 0 Å². The molecule has 0 saturated heterocycles. The Bertz CT molecular complexity index is 1030. The lowest BCUT2D eigenvalue weighted by Gasteiger charge is -2.13. The molecule has 0 radical (unpaired) electrons. The van der Waals surface area contributed by atoms with E-state index in [0.29, 0.717) is 32.9 Å². The number of rotatable bonds is 5. The number of para-hydroxylation sites is 2. The van der Waals surface area contributed by atoms with Gasteiger partial charge in [-0.25, -0.2) is 4.79 Å². The summed E-state index contributed by atoms with van der Waals surface area (Å²) < 4.78 is 5.73. The number of hydrogen-bond acceptors (Lipinski definition) is 4. The molecule has 3 rings (SSSR count). The predicted molar refractivity (Wildman–Crippen MR) is 109 cm³/mol. The van der Waals surface area contributed by atoms with Crippen molar-refractivity contribution in [3.05, 3.63) is 86.9 Å². The van der Waals surface area contributed by atoms with E-state index in [2.05, 4.69) is 10.6 Å². The topological polar surface area (TPSA) is 93.5 Å². The molecule has 0 aliphatic rings. The van der Waals surface area contributed by atoms with Crippen LogP contribution in [0.3, 0.4) is 0 Å². The summed E-state index contributed by atoms with van der Waals surface area (Å²) in [4.78, 5) is 22.5. The van der Waals surface area contributed by atoms with Crippen molar-refractivity contribution in [2.24, 2.45) is 0 Å². The van der Waals surface area contributed by atoms with Gasteiger partial charge < -0.3 is 15.4 Å². The van der Waals surface area contributed by atoms with Gasteiger partial charge in [-0.3, -0.25) is 10.1 Å². The van der Waals surface area contributed by atoms with Crippen LogP contribution in [0.1, 0.15) is 0 Å². The van der Waals surface area contributed by atoms with Crippen LogP contribution in [0.2, 0.25) is 10.0 Å². The molecule has 142 valence electrons. The van der Waals surface area contributed by atoms with E-state index < -0.39 is 11.0 Å². The lowest BCUT2D eigenvalue weighted by atomic mass is 10.2.